The monoisotopic (exact) mass is 479 g/mol. The molecule has 0 aliphatic heterocycles. The molecule has 2 aromatic carbocycles. The Kier molecular flexibility index (Phi) is 6.72. The second kappa shape index (κ2) is 9.84. The maximum Gasteiger partial charge on any atom is 0.268 e. The zero-order valence-electron chi connectivity index (χ0n) is 16.5. The van der Waals surface area contributed by atoms with Crippen LogP contribution in [0.4, 0.5) is 5.13 Å². The van der Waals surface area contributed by atoms with E-state index in [0.717, 1.165) is 16.0 Å². The topological polar surface area (TPSA) is 78.9 Å². The summed E-state index contributed by atoms with van der Waals surface area (Å²) in [6, 6.07) is 20.1. The fourth-order valence-corrected chi connectivity index (χ4v) is 4.13. The number of nitrogens with one attached hydrogen (secondary N) is 1. The Morgan fingerprint density at radius 2 is 1.94 bits per heavy atom. The highest BCUT2D eigenvalue weighted by atomic mass is 35.5. The summed E-state index contributed by atoms with van der Waals surface area (Å²) in [6.45, 7) is 0. The molecule has 0 radical (unpaired) electrons. The van der Waals surface area contributed by atoms with Gasteiger partial charge in [-0.1, -0.05) is 35.3 Å². The number of rotatable bonds is 6. The molecule has 158 valence electrons. The molecule has 1 amide bonds. The molecule has 0 atom stereocenters. The van der Waals surface area contributed by atoms with Crippen molar-refractivity contribution >= 4 is 51.7 Å². The van der Waals surface area contributed by atoms with E-state index < -0.39 is 5.91 Å². The third-order valence-electron chi connectivity index (χ3n) is 4.45. The van der Waals surface area contributed by atoms with E-state index in [1.165, 1.54) is 17.4 Å². The average Bonchev–Trinajstić information content (AvgIpc) is 3.42. The summed E-state index contributed by atoms with van der Waals surface area (Å²) in [7, 11) is 0. The summed E-state index contributed by atoms with van der Waals surface area (Å²) in [6.07, 6.45) is 3.74. The van der Waals surface area contributed by atoms with E-state index in [1.54, 1.807) is 30.5 Å². The lowest BCUT2D eigenvalue weighted by Crippen LogP contribution is -2.13. The highest BCUT2D eigenvalue weighted by molar-refractivity contribution is 7.15. The number of nitriles is 1. The standard InChI is InChI=1S/C24H15Cl2N3O2S/c25-18-6-4-16(5-7-18)22-9-8-20(31-22)12-17(13-27)23(30)29-24-28-14-21(32-24)11-15-2-1-3-19(26)10-15/h1-10,12,14H,11H2,(H,28,29,30). The summed E-state index contributed by atoms with van der Waals surface area (Å²) in [4.78, 5) is 17.8. The van der Waals surface area contributed by atoms with Crippen molar-refractivity contribution in [3.63, 3.8) is 0 Å². The molecule has 0 bridgehead atoms. The van der Waals surface area contributed by atoms with Gasteiger partial charge in [0, 0.05) is 39.2 Å². The van der Waals surface area contributed by atoms with Gasteiger partial charge in [-0.3, -0.25) is 10.1 Å². The first kappa shape index (κ1) is 21.8. The second-order valence-electron chi connectivity index (χ2n) is 6.77. The van der Waals surface area contributed by atoms with E-state index in [0.29, 0.717) is 33.1 Å². The molecule has 32 heavy (non-hydrogen) atoms. The van der Waals surface area contributed by atoms with Crippen molar-refractivity contribution in [3.8, 4) is 17.4 Å². The summed E-state index contributed by atoms with van der Waals surface area (Å²) >= 11 is 13.3. The van der Waals surface area contributed by atoms with E-state index in [4.69, 9.17) is 27.6 Å². The van der Waals surface area contributed by atoms with Crippen LogP contribution in [0.25, 0.3) is 17.4 Å². The van der Waals surface area contributed by atoms with Gasteiger partial charge in [0.1, 0.15) is 23.2 Å². The fourth-order valence-electron chi connectivity index (χ4n) is 2.95. The number of thiazole rings is 1. The zero-order chi connectivity index (χ0) is 22.5. The highest BCUT2D eigenvalue weighted by Gasteiger charge is 2.14. The maximum absolute atomic E-state index is 12.6. The van der Waals surface area contributed by atoms with Gasteiger partial charge in [0.2, 0.25) is 0 Å². The molecule has 2 heterocycles. The quantitative estimate of drug-likeness (QED) is 0.242. The average molecular weight is 480 g/mol. The number of nitrogens with zero attached hydrogens (tertiary/aromatic N) is 2. The molecule has 2 aromatic heterocycles. The number of aromatic nitrogens is 1. The normalized spacial score (nSPS) is 11.2. The molecule has 0 unspecified atom stereocenters. The van der Waals surface area contributed by atoms with Gasteiger partial charge in [-0.2, -0.15) is 5.26 Å². The van der Waals surface area contributed by atoms with E-state index in [2.05, 4.69) is 10.3 Å². The van der Waals surface area contributed by atoms with Gasteiger partial charge < -0.3 is 4.42 Å². The van der Waals surface area contributed by atoms with Crippen LogP contribution in [0, 0.1) is 11.3 Å². The smallest absolute Gasteiger partial charge is 0.268 e. The zero-order valence-corrected chi connectivity index (χ0v) is 18.8. The van der Waals surface area contributed by atoms with Gasteiger partial charge in [0.15, 0.2) is 5.13 Å². The number of carbonyl (C=O) groups excluding carboxylic acids is 1. The van der Waals surface area contributed by atoms with Gasteiger partial charge >= 0.3 is 0 Å². The van der Waals surface area contributed by atoms with Crippen LogP contribution in [0.5, 0.6) is 0 Å². The van der Waals surface area contributed by atoms with Crippen LogP contribution in [0.3, 0.4) is 0 Å². The Morgan fingerprint density at radius 3 is 2.69 bits per heavy atom. The summed E-state index contributed by atoms with van der Waals surface area (Å²) in [5.74, 6) is 0.444. The van der Waals surface area contributed by atoms with Gasteiger partial charge in [-0.25, -0.2) is 4.98 Å². The molecule has 8 heteroatoms. The maximum atomic E-state index is 12.6. The van der Waals surface area contributed by atoms with Crippen LogP contribution >= 0.6 is 34.5 Å². The van der Waals surface area contributed by atoms with E-state index >= 15 is 0 Å². The number of carbonyl (C=O) groups is 1. The number of hydrogen-bond donors (Lipinski definition) is 1. The predicted octanol–water partition coefficient (Wildman–Crippen LogP) is 6.85. The molecule has 1 N–H and O–H groups in total. The van der Waals surface area contributed by atoms with Crippen LogP contribution in [-0.2, 0) is 11.2 Å². The van der Waals surface area contributed by atoms with Crippen LogP contribution in [0.2, 0.25) is 10.0 Å². The minimum atomic E-state index is -0.555. The minimum absolute atomic E-state index is 0.0893. The van der Waals surface area contributed by atoms with Crippen LogP contribution in [-0.4, -0.2) is 10.9 Å². The Hall–Kier alpha value is -3.37. The first-order valence-corrected chi connectivity index (χ1v) is 11.1. The minimum Gasteiger partial charge on any atom is -0.457 e. The first-order valence-electron chi connectivity index (χ1n) is 9.48. The largest absolute Gasteiger partial charge is 0.457 e. The molecule has 0 aliphatic carbocycles. The lowest BCUT2D eigenvalue weighted by atomic mass is 10.1. The molecule has 0 aliphatic rings. The molecule has 4 aromatic rings. The summed E-state index contributed by atoms with van der Waals surface area (Å²) < 4.78 is 5.75. The predicted molar refractivity (Wildman–Crippen MR) is 128 cm³/mol. The molecule has 5 nitrogen and oxygen atoms in total. The fraction of sp³-hybridized carbons (Fsp3) is 0.0417. The highest BCUT2D eigenvalue weighted by Crippen LogP contribution is 2.26. The van der Waals surface area contributed by atoms with Crippen molar-refractivity contribution in [2.45, 2.75) is 6.42 Å². The van der Waals surface area contributed by atoms with Crippen LogP contribution in [0.1, 0.15) is 16.2 Å². The van der Waals surface area contributed by atoms with Crippen LogP contribution in [0.15, 0.2) is 76.9 Å². The molecule has 4 rings (SSSR count). The number of hydrogen-bond acceptors (Lipinski definition) is 5. The number of benzene rings is 2. The Labute approximate surface area is 198 Å². The number of halogens is 2. The summed E-state index contributed by atoms with van der Waals surface area (Å²) in [5.41, 5.74) is 1.80. The van der Waals surface area contributed by atoms with Crippen molar-refractivity contribution in [1.29, 1.82) is 5.26 Å². The number of anilines is 1. The van der Waals surface area contributed by atoms with Crippen LogP contribution < -0.4 is 5.32 Å². The third kappa shape index (κ3) is 5.45. The van der Waals surface area contributed by atoms with Gasteiger partial charge in [0.05, 0.1) is 0 Å². The third-order valence-corrected chi connectivity index (χ3v) is 5.85. The Bertz CT molecular complexity index is 1330. The van der Waals surface area contributed by atoms with Gasteiger partial charge in [-0.15, -0.1) is 11.3 Å². The van der Waals surface area contributed by atoms with Crippen molar-refractivity contribution < 1.29 is 9.21 Å². The second-order valence-corrected chi connectivity index (χ2v) is 8.76. The molecule has 0 spiro atoms. The van der Waals surface area contributed by atoms with Gasteiger partial charge in [-0.05, 0) is 54.1 Å². The Balaban J connectivity index is 1.44. The number of furan rings is 1. The molecule has 0 saturated carbocycles. The molecule has 0 saturated heterocycles. The molecular formula is C24H15Cl2N3O2S. The van der Waals surface area contributed by atoms with Crippen molar-refractivity contribution in [2.24, 2.45) is 0 Å². The van der Waals surface area contributed by atoms with E-state index in [9.17, 15) is 10.1 Å². The molecule has 0 fully saturated rings. The molecular weight excluding hydrogens is 465 g/mol. The SMILES string of the molecule is N#CC(=Cc1ccc(-c2ccc(Cl)cc2)o1)C(=O)Nc1ncc(Cc2cccc(Cl)c2)s1. The van der Waals surface area contributed by atoms with Crippen molar-refractivity contribution in [3.05, 3.63) is 98.7 Å². The lowest BCUT2D eigenvalue weighted by molar-refractivity contribution is -0.112. The van der Waals surface area contributed by atoms with Crippen molar-refractivity contribution in [2.75, 3.05) is 5.32 Å². The van der Waals surface area contributed by atoms with Gasteiger partial charge in [0.25, 0.3) is 5.91 Å². The number of amides is 1. The lowest BCUT2D eigenvalue weighted by Gasteiger charge is -2.00. The van der Waals surface area contributed by atoms with Crippen molar-refractivity contribution in [1.82, 2.24) is 4.98 Å². The Morgan fingerprint density at radius 1 is 1.12 bits per heavy atom. The van der Waals surface area contributed by atoms with E-state index in [1.807, 2.05) is 42.5 Å². The first-order chi connectivity index (χ1) is 15.5. The summed E-state index contributed by atoms with van der Waals surface area (Å²) in [5, 5.41) is 13.8. The van der Waals surface area contributed by atoms with E-state index in [-0.39, 0.29) is 5.57 Å².